The number of hydrazine groups is 1. The molecule has 0 radical (unpaired) electrons. The van der Waals surface area contributed by atoms with Crippen molar-refractivity contribution >= 4 is 39.2 Å². The molecule has 0 bridgehead atoms. The predicted octanol–water partition coefficient (Wildman–Crippen LogP) is 4.38. The second-order valence-electron chi connectivity index (χ2n) is 7.96. The van der Waals surface area contributed by atoms with Gasteiger partial charge >= 0.3 is 12.1 Å². The summed E-state index contributed by atoms with van der Waals surface area (Å²) in [7, 11) is -3.44. The van der Waals surface area contributed by atoms with Crippen LogP contribution in [0.5, 0.6) is 0 Å². The Morgan fingerprint density at radius 2 is 1.69 bits per heavy atom. The lowest BCUT2D eigenvalue weighted by Gasteiger charge is -2.32. The molecule has 36 heavy (non-hydrogen) atoms. The van der Waals surface area contributed by atoms with E-state index in [4.69, 9.17) is 11.1 Å². The lowest BCUT2D eigenvalue weighted by atomic mass is 10.1. The summed E-state index contributed by atoms with van der Waals surface area (Å²) in [4.78, 5) is 25.5. The molecule has 0 aliphatic carbocycles. The van der Waals surface area contributed by atoms with Crippen LogP contribution >= 0.6 is 0 Å². The number of carboxylic acid groups (broad SMARTS) is 1. The molecule has 3 aromatic carbocycles. The average molecular weight is 510 g/mol. The molecule has 0 atom stereocenters. The number of amidine groups is 1. The molecular formula is C25H27N5O5S. The molecule has 11 heteroatoms. The molecular weight excluding hydrogens is 482 g/mol. The number of sulfone groups is 1. The van der Waals surface area contributed by atoms with Crippen molar-refractivity contribution < 1.29 is 23.1 Å². The smallest absolute Gasteiger partial charge is 0.431 e. The molecule has 0 fully saturated rings. The molecule has 3 aromatic rings. The Hall–Kier alpha value is -4.38. The molecule has 188 valence electrons. The van der Waals surface area contributed by atoms with Crippen LogP contribution in [0.4, 0.5) is 21.0 Å². The van der Waals surface area contributed by atoms with Gasteiger partial charge in [0.05, 0.1) is 10.6 Å². The predicted molar refractivity (Wildman–Crippen MR) is 139 cm³/mol. The topological polar surface area (TPSA) is 157 Å². The molecule has 10 nitrogen and oxygen atoms in total. The highest BCUT2D eigenvalue weighted by molar-refractivity contribution is 7.90. The van der Waals surface area contributed by atoms with Gasteiger partial charge in [-0.05, 0) is 42.3 Å². The summed E-state index contributed by atoms with van der Waals surface area (Å²) in [6, 6.07) is 18.6. The Balaban J connectivity index is 1.89. The standard InChI is InChI=1S/C25H27N5O5S/c1-3-15-29(30(25(32)33)20-8-6-7-18(16-20)23(26)27)24(31)28-19-13-11-17(12-14-19)21-9-4-5-10-22(21)36(2,34)35/h4-14,16H,3,15H2,1-2H3,(H3,26,27)(H,28,31)(H,32,33). The molecule has 0 spiro atoms. The number of carbonyl (C=O) groups excluding carboxylic acids is 1. The zero-order valence-corrected chi connectivity index (χ0v) is 20.6. The minimum absolute atomic E-state index is 0.0995. The van der Waals surface area contributed by atoms with Crippen molar-refractivity contribution in [2.24, 2.45) is 5.73 Å². The minimum atomic E-state index is -3.44. The average Bonchev–Trinajstić information content (AvgIpc) is 2.83. The number of nitrogens with two attached hydrogens (primary N) is 1. The van der Waals surface area contributed by atoms with Gasteiger partial charge in [0, 0.05) is 29.6 Å². The van der Waals surface area contributed by atoms with E-state index >= 15 is 0 Å². The largest absolute Gasteiger partial charge is 0.463 e. The van der Waals surface area contributed by atoms with Crippen LogP contribution < -0.4 is 16.1 Å². The maximum absolute atomic E-state index is 13.1. The second-order valence-corrected chi connectivity index (χ2v) is 9.94. The van der Waals surface area contributed by atoms with Gasteiger partial charge in [0.2, 0.25) is 0 Å². The van der Waals surface area contributed by atoms with Crippen LogP contribution in [0.15, 0.2) is 77.7 Å². The number of rotatable bonds is 7. The van der Waals surface area contributed by atoms with Crippen LogP contribution in [0, 0.1) is 5.41 Å². The molecule has 5 N–H and O–H groups in total. The molecule has 0 unspecified atom stereocenters. The van der Waals surface area contributed by atoms with Crippen molar-refractivity contribution in [1.29, 1.82) is 5.41 Å². The van der Waals surface area contributed by atoms with Gasteiger partial charge in [-0.1, -0.05) is 49.4 Å². The van der Waals surface area contributed by atoms with E-state index < -0.39 is 22.0 Å². The van der Waals surface area contributed by atoms with E-state index in [9.17, 15) is 23.1 Å². The normalized spacial score (nSPS) is 10.9. The van der Waals surface area contributed by atoms with Crippen molar-refractivity contribution in [3.63, 3.8) is 0 Å². The van der Waals surface area contributed by atoms with Gasteiger partial charge in [-0.2, -0.15) is 5.01 Å². The van der Waals surface area contributed by atoms with E-state index in [1.54, 1.807) is 61.5 Å². The van der Waals surface area contributed by atoms with E-state index in [0.29, 0.717) is 28.8 Å². The number of nitrogen functional groups attached to an aromatic ring is 1. The van der Waals surface area contributed by atoms with Crippen LogP contribution in [0.2, 0.25) is 0 Å². The number of hydrogen-bond donors (Lipinski definition) is 4. The fourth-order valence-electron chi connectivity index (χ4n) is 3.61. The highest BCUT2D eigenvalue weighted by atomic mass is 32.2. The first-order chi connectivity index (χ1) is 17.0. The second kappa shape index (κ2) is 10.9. The summed E-state index contributed by atoms with van der Waals surface area (Å²) in [6.07, 6.45) is 0.237. The van der Waals surface area contributed by atoms with Crippen LogP contribution in [0.1, 0.15) is 18.9 Å². The van der Waals surface area contributed by atoms with Crippen LogP contribution in [-0.4, -0.2) is 49.3 Å². The van der Waals surface area contributed by atoms with E-state index in [1.165, 1.54) is 18.2 Å². The summed E-state index contributed by atoms with van der Waals surface area (Å²) in [5, 5.41) is 22.1. The third-order valence-corrected chi connectivity index (χ3v) is 6.38. The Morgan fingerprint density at radius 1 is 1.03 bits per heavy atom. The molecule has 0 aromatic heterocycles. The number of benzene rings is 3. The molecule has 0 aliphatic heterocycles. The number of carbonyl (C=O) groups is 2. The summed E-state index contributed by atoms with van der Waals surface area (Å²) < 4.78 is 24.3. The van der Waals surface area contributed by atoms with Crippen molar-refractivity contribution in [3.8, 4) is 11.1 Å². The molecule has 0 saturated heterocycles. The fraction of sp³-hybridized carbons (Fsp3) is 0.160. The van der Waals surface area contributed by atoms with Crippen molar-refractivity contribution in [1.82, 2.24) is 5.01 Å². The first kappa shape index (κ1) is 26.2. The van der Waals surface area contributed by atoms with E-state index in [1.807, 2.05) is 0 Å². The summed E-state index contributed by atoms with van der Waals surface area (Å²) >= 11 is 0. The summed E-state index contributed by atoms with van der Waals surface area (Å²) in [5.74, 6) is -0.230. The van der Waals surface area contributed by atoms with Gasteiger partial charge < -0.3 is 16.2 Å². The van der Waals surface area contributed by atoms with Crippen molar-refractivity contribution in [3.05, 3.63) is 78.4 Å². The Labute approximate surface area is 209 Å². The number of urea groups is 1. The maximum Gasteiger partial charge on any atom is 0.431 e. The summed E-state index contributed by atoms with van der Waals surface area (Å²) in [6.45, 7) is 1.91. The van der Waals surface area contributed by atoms with Gasteiger partial charge in [-0.15, -0.1) is 0 Å². The van der Waals surface area contributed by atoms with E-state index in [-0.39, 0.29) is 23.0 Å². The van der Waals surface area contributed by atoms with Gasteiger partial charge in [-0.3, -0.25) is 5.41 Å². The Morgan fingerprint density at radius 3 is 2.28 bits per heavy atom. The minimum Gasteiger partial charge on any atom is -0.463 e. The molecule has 0 heterocycles. The molecule has 3 rings (SSSR count). The Bertz CT molecular complexity index is 1390. The fourth-order valence-corrected chi connectivity index (χ4v) is 4.52. The lowest BCUT2D eigenvalue weighted by Crippen LogP contribution is -2.51. The van der Waals surface area contributed by atoms with Gasteiger partial charge in [0.15, 0.2) is 9.84 Å². The van der Waals surface area contributed by atoms with Crippen molar-refractivity contribution in [2.75, 3.05) is 23.1 Å². The monoisotopic (exact) mass is 509 g/mol. The van der Waals surface area contributed by atoms with Gasteiger partial charge in [-0.25, -0.2) is 23.0 Å². The molecule has 0 aliphatic rings. The number of nitrogens with one attached hydrogen (secondary N) is 2. The first-order valence-electron chi connectivity index (χ1n) is 11.0. The lowest BCUT2D eigenvalue weighted by molar-refractivity contribution is 0.170. The van der Waals surface area contributed by atoms with Crippen LogP contribution in [-0.2, 0) is 9.84 Å². The van der Waals surface area contributed by atoms with Gasteiger partial charge in [0.1, 0.15) is 5.84 Å². The van der Waals surface area contributed by atoms with Gasteiger partial charge in [0.25, 0.3) is 0 Å². The number of anilines is 2. The number of amides is 3. The quantitative estimate of drug-likeness (QED) is 0.210. The highest BCUT2D eigenvalue weighted by Crippen LogP contribution is 2.28. The maximum atomic E-state index is 13.1. The molecule has 3 amide bonds. The molecule has 0 saturated carbocycles. The van der Waals surface area contributed by atoms with Crippen LogP contribution in [0.3, 0.4) is 0 Å². The summed E-state index contributed by atoms with van der Waals surface area (Å²) in [5.41, 5.74) is 7.59. The zero-order valence-electron chi connectivity index (χ0n) is 19.8. The van der Waals surface area contributed by atoms with E-state index in [2.05, 4.69) is 5.32 Å². The van der Waals surface area contributed by atoms with Crippen molar-refractivity contribution in [2.45, 2.75) is 18.2 Å². The van der Waals surface area contributed by atoms with E-state index in [0.717, 1.165) is 16.3 Å². The number of hydrogen-bond acceptors (Lipinski definition) is 5. The van der Waals surface area contributed by atoms with Crippen LogP contribution in [0.25, 0.3) is 11.1 Å². The SMILES string of the molecule is CCCN(C(=O)Nc1ccc(-c2ccccc2S(C)(=O)=O)cc1)N(C(=O)O)c1cccc(C(=N)N)c1. The number of nitrogens with zero attached hydrogens (tertiary/aromatic N) is 2. The third kappa shape index (κ3) is 5.99. The highest BCUT2D eigenvalue weighted by Gasteiger charge is 2.27. The third-order valence-electron chi connectivity index (χ3n) is 5.23. The zero-order chi connectivity index (χ0) is 26.5. The first-order valence-corrected chi connectivity index (χ1v) is 12.9. The Kier molecular flexibility index (Phi) is 7.95.